The molecule has 8 nitrogen and oxygen atoms in total. The molecule has 4 aromatic rings. The number of nitrogens with one attached hydrogen (secondary N) is 1. The Morgan fingerprint density at radius 1 is 1.13 bits per heavy atom. The van der Waals surface area contributed by atoms with Crippen LogP contribution in [0.2, 0.25) is 0 Å². The van der Waals surface area contributed by atoms with Crippen molar-refractivity contribution in [2.24, 2.45) is 0 Å². The van der Waals surface area contributed by atoms with Gasteiger partial charge in [-0.25, -0.2) is 4.98 Å². The molecule has 0 fully saturated rings. The smallest absolute Gasteiger partial charge is 0.247 e. The number of nitrogens with two attached hydrogens (primary N) is 1. The monoisotopic (exact) mass is 414 g/mol. The van der Waals surface area contributed by atoms with Gasteiger partial charge >= 0.3 is 0 Å². The van der Waals surface area contributed by atoms with Crippen LogP contribution in [0.15, 0.2) is 67.5 Å². The molecule has 2 aromatic heterocycles. The van der Waals surface area contributed by atoms with E-state index in [-0.39, 0.29) is 12.0 Å². The Kier molecular flexibility index (Phi) is 5.36. The predicted molar refractivity (Wildman–Crippen MR) is 121 cm³/mol. The molecule has 0 aliphatic carbocycles. The standard InChI is InChI=1S/C23H22N6O2/c1-4-19(30)27-17-9-5-16(6-10-17)21-20(22-23(24)25-13-26-29(22)28-21)15-7-11-18(12-8-15)31-14(2)3/h4-14H,1H2,2-3H3,(H,27,30)(H2,24,25,26). The highest BCUT2D eigenvalue weighted by Crippen LogP contribution is 2.37. The molecule has 0 atom stereocenters. The van der Waals surface area contributed by atoms with Crippen molar-refractivity contribution in [2.45, 2.75) is 20.0 Å². The Bertz CT molecular complexity index is 1240. The van der Waals surface area contributed by atoms with Crippen LogP contribution < -0.4 is 15.8 Å². The van der Waals surface area contributed by atoms with Crippen LogP contribution in [-0.4, -0.2) is 31.8 Å². The predicted octanol–water partition coefficient (Wildman–Crippen LogP) is 3.95. The third kappa shape index (κ3) is 4.09. The number of ether oxygens (including phenoxy) is 1. The van der Waals surface area contributed by atoms with Gasteiger partial charge in [0.2, 0.25) is 5.91 Å². The molecule has 0 saturated heterocycles. The fourth-order valence-electron chi connectivity index (χ4n) is 3.27. The van der Waals surface area contributed by atoms with Gasteiger partial charge in [-0.2, -0.15) is 0 Å². The van der Waals surface area contributed by atoms with Crippen molar-refractivity contribution in [1.82, 2.24) is 19.8 Å². The average Bonchev–Trinajstić information content (AvgIpc) is 3.15. The molecule has 156 valence electrons. The summed E-state index contributed by atoms with van der Waals surface area (Å²) in [5, 5.41) is 11.6. The van der Waals surface area contributed by atoms with Crippen molar-refractivity contribution >= 4 is 22.9 Å². The van der Waals surface area contributed by atoms with Crippen molar-refractivity contribution in [3.8, 4) is 28.1 Å². The zero-order valence-corrected chi connectivity index (χ0v) is 17.2. The summed E-state index contributed by atoms with van der Waals surface area (Å²) in [7, 11) is 0. The van der Waals surface area contributed by atoms with E-state index >= 15 is 0 Å². The number of rotatable bonds is 6. The minimum atomic E-state index is -0.270. The van der Waals surface area contributed by atoms with Gasteiger partial charge in [-0.1, -0.05) is 30.8 Å². The molecule has 0 bridgehead atoms. The second-order valence-electron chi connectivity index (χ2n) is 7.17. The fraction of sp³-hybridized carbons (Fsp3) is 0.130. The number of nitrogen functional groups attached to an aromatic ring is 1. The Labute approximate surface area is 179 Å². The number of amides is 1. The van der Waals surface area contributed by atoms with Crippen LogP contribution in [0.5, 0.6) is 5.75 Å². The van der Waals surface area contributed by atoms with Crippen LogP contribution >= 0.6 is 0 Å². The highest BCUT2D eigenvalue weighted by atomic mass is 16.5. The largest absolute Gasteiger partial charge is 0.491 e. The molecule has 2 heterocycles. The lowest BCUT2D eigenvalue weighted by atomic mass is 9.99. The molecule has 3 N–H and O–H groups in total. The van der Waals surface area contributed by atoms with E-state index < -0.39 is 0 Å². The summed E-state index contributed by atoms with van der Waals surface area (Å²) in [4.78, 5) is 15.7. The number of nitrogens with zero attached hydrogens (tertiary/aromatic N) is 4. The molecule has 31 heavy (non-hydrogen) atoms. The topological polar surface area (TPSA) is 107 Å². The van der Waals surface area contributed by atoms with Crippen LogP contribution in [0.3, 0.4) is 0 Å². The summed E-state index contributed by atoms with van der Waals surface area (Å²) in [6.07, 6.45) is 2.68. The van der Waals surface area contributed by atoms with E-state index in [1.54, 1.807) is 12.1 Å². The molecule has 2 aromatic carbocycles. The molecule has 0 aliphatic rings. The minimum absolute atomic E-state index is 0.0857. The number of fused-ring (bicyclic) bond motifs is 1. The minimum Gasteiger partial charge on any atom is -0.491 e. The summed E-state index contributed by atoms with van der Waals surface area (Å²) >= 11 is 0. The van der Waals surface area contributed by atoms with Crippen molar-refractivity contribution in [2.75, 3.05) is 11.1 Å². The van der Waals surface area contributed by atoms with Gasteiger partial charge in [-0.05, 0) is 49.8 Å². The summed E-state index contributed by atoms with van der Waals surface area (Å²) in [5.41, 5.74) is 10.7. The van der Waals surface area contributed by atoms with Crippen LogP contribution in [0.1, 0.15) is 13.8 Å². The Morgan fingerprint density at radius 3 is 2.45 bits per heavy atom. The van der Waals surface area contributed by atoms with Crippen LogP contribution in [0.25, 0.3) is 27.9 Å². The molecule has 0 spiro atoms. The number of benzene rings is 2. The first kappa shape index (κ1) is 20.1. The molecule has 0 saturated carbocycles. The zero-order valence-electron chi connectivity index (χ0n) is 17.2. The number of aromatic nitrogens is 4. The third-order valence-corrected chi connectivity index (χ3v) is 4.59. The second kappa shape index (κ2) is 8.27. The number of carbonyl (C=O) groups excluding carboxylic acids is 1. The van der Waals surface area contributed by atoms with E-state index in [1.165, 1.54) is 17.0 Å². The second-order valence-corrected chi connectivity index (χ2v) is 7.17. The molecule has 8 heteroatoms. The summed E-state index contributed by atoms with van der Waals surface area (Å²) in [6, 6.07) is 15.1. The Hall–Kier alpha value is -4.20. The van der Waals surface area contributed by atoms with Gasteiger partial charge in [0.1, 0.15) is 23.3 Å². The molecule has 4 rings (SSSR count). The van der Waals surface area contributed by atoms with E-state index in [0.717, 1.165) is 22.4 Å². The van der Waals surface area contributed by atoms with Gasteiger partial charge < -0.3 is 15.8 Å². The first-order valence-electron chi connectivity index (χ1n) is 9.76. The van der Waals surface area contributed by atoms with Gasteiger partial charge in [0.05, 0.1) is 6.10 Å². The van der Waals surface area contributed by atoms with Gasteiger partial charge in [0.15, 0.2) is 5.82 Å². The van der Waals surface area contributed by atoms with Gasteiger partial charge in [-0.3, -0.25) is 4.79 Å². The van der Waals surface area contributed by atoms with Crippen molar-refractivity contribution < 1.29 is 9.53 Å². The SMILES string of the molecule is C=CC(=O)Nc1ccc(-c2nn3ncnc(N)c3c2-c2ccc(OC(C)C)cc2)cc1. The van der Waals surface area contributed by atoms with E-state index in [1.807, 2.05) is 50.2 Å². The van der Waals surface area contributed by atoms with Crippen molar-refractivity contribution in [3.63, 3.8) is 0 Å². The summed E-state index contributed by atoms with van der Waals surface area (Å²) in [5.74, 6) is 0.845. The number of hydrogen-bond donors (Lipinski definition) is 2. The lowest BCUT2D eigenvalue weighted by molar-refractivity contribution is -0.111. The van der Waals surface area contributed by atoms with Crippen LogP contribution in [-0.2, 0) is 4.79 Å². The zero-order chi connectivity index (χ0) is 22.0. The molecule has 0 unspecified atom stereocenters. The average molecular weight is 414 g/mol. The maximum absolute atomic E-state index is 11.5. The van der Waals surface area contributed by atoms with Crippen LogP contribution in [0, 0.1) is 0 Å². The lowest BCUT2D eigenvalue weighted by Gasteiger charge is -2.11. The molecular formula is C23H22N6O2. The maximum Gasteiger partial charge on any atom is 0.247 e. The first-order valence-corrected chi connectivity index (χ1v) is 9.76. The lowest BCUT2D eigenvalue weighted by Crippen LogP contribution is -2.06. The third-order valence-electron chi connectivity index (χ3n) is 4.59. The maximum atomic E-state index is 11.5. The van der Waals surface area contributed by atoms with E-state index in [2.05, 4.69) is 27.1 Å². The van der Waals surface area contributed by atoms with Crippen molar-refractivity contribution in [1.29, 1.82) is 0 Å². The number of carbonyl (C=O) groups is 1. The van der Waals surface area contributed by atoms with E-state index in [0.29, 0.717) is 22.7 Å². The Balaban J connectivity index is 1.82. The summed E-state index contributed by atoms with van der Waals surface area (Å²) < 4.78 is 7.24. The van der Waals surface area contributed by atoms with Gasteiger partial charge in [-0.15, -0.1) is 14.8 Å². The van der Waals surface area contributed by atoms with E-state index in [4.69, 9.17) is 10.5 Å². The first-order chi connectivity index (χ1) is 15.0. The van der Waals surface area contributed by atoms with Gasteiger partial charge in [0, 0.05) is 16.8 Å². The quantitative estimate of drug-likeness (QED) is 0.463. The Morgan fingerprint density at radius 2 is 1.81 bits per heavy atom. The molecule has 0 aliphatic heterocycles. The van der Waals surface area contributed by atoms with Crippen LogP contribution in [0.4, 0.5) is 11.5 Å². The number of anilines is 2. The van der Waals surface area contributed by atoms with E-state index in [9.17, 15) is 4.79 Å². The van der Waals surface area contributed by atoms with Crippen molar-refractivity contribution in [3.05, 3.63) is 67.5 Å². The number of hydrogen-bond acceptors (Lipinski definition) is 6. The molecule has 0 radical (unpaired) electrons. The fourth-order valence-corrected chi connectivity index (χ4v) is 3.27. The highest BCUT2D eigenvalue weighted by Gasteiger charge is 2.20. The van der Waals surface area contributed by atoms with Gasteiger partial charge in [0.25, 0.3) is 0 Å². The molecule has 1 amide bonds. The summed E-state index contributed by atoms with van der Waals surface area (Å²) in [6.45, 7) is 7.43. The highest BCUT2D eigenvalue weighted by molar-refractivity contribution is 5.99. The normalized spacial score (nSPS) is 10.9. The molecular weight excluding hydrogens is 392 g/mol.